The van der Waals surface area contributed by atoms with Crippen LogP contribution in [0.5, 0.6) is 0 Å². The third kappa shape index (κ3) is 4.43. The number of aromatic nitrogens is 4. The van der Waals surface area contributed by atoms with Crippen molar-refractivity contribution in [1.29, 1.82) is 0 Å². The van der Waals surface area contributed by atoms with Gasteiger partial charge in [0, 0.05) is 0 Å². The third-order valence-electron chi connectivity index (χ3n) is 6.08. The molecule has 0 radical (unpaired) electrons. The van der Waals surface area contributed by atoms with Crippen LogP contribution in [0.1, 0.15) is 56.1 Å². The summed E-state index contributed by atoms with van der Waals surface area (Å²) in [7, 11) is -0.407. The summed E-state index contributed by atoms with van der Waals surface area (Å²) < 4.78 is 3.03. The summed E-state index contributed by atoms with van der Waals surface area (Å²) in [5.74, 6) is 1.34. The monoisotopic (exact) mass is 486 g/mol. The van der Waals surface area contributed by atoms with E-state index in [2.05, 4.69) is 90.3 Å². The van der Waals surface area contributed by atoms with Gasteiger partial charge in [-0.1, -0.05) is 0 Å². The van der Waals surface area contributed by atoms with Crippen LogP contribution < -0.4 is 5.30 Å². The van der Waals surface area contributed by atoms with E-state index in [1.54, 1.807) is 0 Å². The topological polar surface area (TPSA) is 46.0 Å². The zero-order chi connectivity index (χ0) is 20.8. The van der Waals surface area contributed by atoms with Gasteiger partial charge in [-0.05, 0) is 0 Å². The molecule has 31 heavy (non-hydrogen) atoms. The first kappa shape index (κ1) is 22.8. The van der Waals surface area contributed by atoms with Gasteiger partial charge < -0.3 is 7.43 Å². The largest absolute Gasteiger partial charge is 0.358 e. The van der Waals surface area contributed by atoms with Crippen LogP contribution in [0.2, 0.25) is 0 Å². The predicted molar refractivity (Wildman–Crippen MR) is 130 cm³/mol. The molecule has 2 aromatic carbocycles. The van der Waals surface area contributed by atoms with Crippen LogP contribution in [0.4, 0.5) is 0 Å². The summed E-state index contributed by atoms with van der Waals surface area (Å²) in [6, 6.07) is 15.9. The molecule has 2 atom stereocenters. The molecule has 4 nitrogen and oxygen atoms in total. The zero-order valence-corrected chi connectivity index (χ0v) is 21.6. The van der Waals surface area contributed by atoms with Gasteiger partial charge >= 0.3 is 191 Å². The van der Waals surface area contributed by atoms with Crippen molar-refractivity contribution in [2.75, 3.05) is 6.66 Å². The minimum absolute atomic E-state index is 0. The molecule has 1 saturated carbocycles. The SMILES string of the molecule is CCC(C)c1ccc2[c](=[V])nc3c(SP(C)c4ccc(C5CC5)cc4)n[nH]n3c2c1.[CH3-]. The van der Waals surface area contributed by atoms with E-state index >= 15 is 0 Å². The van der Waals surface area contributed by atoms with Gasteiger partial charge in [0.15, 0.2) is 0 Å². The maximum atomic E-state index is 4.88. The normalized spacial score (nSPS) is 15.7. The van der Waals surface area contributed by atoms with E-state index in [-0.39, 0.29) is 7.43 Å². The van der Waals surface area contributed by atoms with Crippen LogP contribution in [0.15, 0.2) is 47.5 Å². The van der Waals surface area contributed by atoms with Crippen molar-refractivity contribution in [3.8, 4) is 0 Å². The Bertz CT molecular complexity index is 1280. The quantitative estimate of drug-likeness (QED) is 0.248. The van der Waals surface area contributed by atoms with Crippen molar-refractivity contribution >= 4 is 40.4 Å². The standard InChI is InChI=1S/C23H25N4PS.CH3.V/c1-4-15(2)18-7-8-19-14-24-22-23(25-26-27(22)21(19)13-18)29-28(3)20-11-9-17(10-12-20)16-5-6-16;;/h7-13,15-16,26H,4-6H2,1-3H3;1H3;/q;-1;. The molecule has 1 N–H and O–H groups in total. The fraction of sp³-hybridized carbons (Fsp3) is 0.333. The van der Waals surface area contributed by atoms with Crippen molar-refractivity contribution in [1.82, 2.24) is 19.8 Å². The first-order valence-electron chi connectivity index (χ1n) is 10.5. The maximum absolute atomic E-state index is 4.88. The van der Waals surface area contributed by atoms with Crippen LogP contribution in [-0.4, -0.2) is 26.5 Å². The molecule has 2 aromatic heterocycles. The van der Waals surface area contributed by atoms with Gasteiger partial charge in [0.05, 0.1) is 0 Å². The second-order valence-corrected chi connectivity index (χ2v) is 13.1. The number of hydrogen-bond donors (Lipinski definition) is 1. The molecule has 0 spiro atoms. The number of nitrogens with one attached hydrogen (secondary N) is 1. The molecule has 1 aliphatic carbocycles. The van der Waals surface area contributed by atoms with E-state index in [1.807, 2.05) is 15.9 Å². The first-order chi connectivity index (χ1) is 14.5. The molecular weight excluding hydrogens is 458 g/mol. The van der Waals surface area contributed by atoms with E-state index in [4.69, 9.17) is 4.98 Å². The van der Waals surface area contributed by atoms with Gasteiger partial charge in [0.2, 0.25) is 0 Å². The van der Waals surface area contributed by atoms with E-state index < -0.39 is 7.12 Å². The first-order valence-corrected chi connectivity index (χ1v) is 14.4. The van der Waals surface area contributed by atoms with Crippen molar-refractivity contribution < 1.29 is 17.0 Å². The number of aromatic amines is 1. The Balaban J connectivity index is 0.00000231. The molecular formula is C24H28N4PSV-. The molecule has 7 heteroatoms. The summed E-state index contributed by atoms with van der Waals surface area (Å²) in [6.45, 7) is 6.82. The predicted octanol–water partition coefficient (Wildman–Crippen LogP) is 6.57. The van der Waals surface area contributed by atoms with Crippen LogP contribution >= 0.6 is 18.5 Å². The van der Waals surface area contributed by atoms with Crippen LogP contribution in [-0.2, 0) is 17.0 Å². The molecule has 4 aromatic rings. The van der Waals surface area contributed by atoms with Crippen LogP contribution in [0, 0.1) is 11.4 Å². The number of H-pyrrole nitrogens is 1. The van der Waals surface area contributed by atoms with Crippen LogP contribution in [0.25, 0.3) is 16.6 Å². The van der Waals surface area contributed by atoms with Crippen molar-refractivity contribution in [3.05, 3.63) is 65.0 Å². The van der Waals surface area contributed by atoms with E-state index in [0.29, 0.717) is 5.92 Å². The Kier molecular flexibility index (Phi) is 6.79. The zero-order valence-electron chi connectivity index (χ0n) is 18.5. The number of benzene rings is 2. The fourth-order valence-corrected chi connectivity index (χ4v) is 7.30. The van der Waals surface area contributed by atoms with E-state index in [1.165, 1.54) is 29.3 Å². The molecule has 2 unspecified atom stereocenters. The second-order valence-electron chi connectivity index (χ2n) is 8.15. The minimum Gasteiger partial charge on any atom is -0.358 e. The molecule has 0 aliphatic heterocycles. The van der Waals surface area contributed by atoms with Crippen LogP contribution in [0.3, 0.4) is 0 Å². The molecule has 2 heterocycles. The van der Waals surface area contributed by atoms with Gasteiger partial charge in [-0.25, -0.2) is 0 Å². The third-order valence-corrected chi connectivity index (χ3v) is 10.3. The summed E-state index contributed by atoms with van der Waals surface area (Å²) in [4.78, 5) is 4.88. The Labute approximate surface area is 198 Å². The van der Waals surface area contributed by atoms with Gasteiger partial charge in [-0.2, -0.15) is 0 Å². The average molecular weight is 487 g/mol. The molecule has 161 valence electrons. The Morgan fingerprint density at radius 3 is 2.65 bits per heavy atom. The summed E-state index contributed by atoms with van der Waals surface area (Å²) >= 11 is 4.45. The van der Waals surface area contributed by atoms with Crippen molar-refractivity contribution in [3.63, 3.8) is 0 Å². The summed E-state index contributed by atoms with van der Waals surface area (Å²) in [5.41, 5.74) is 4.90. The van der Waals surface area contributed by atoms with Gasteiger partial charge in [0.25, 0.3) is 0 Å². The Morgan fingerprint density at radius 1 is 1.23 bits per heavy atom. The molecule has 1 fully saturated rings. The molecule has 5 rings (SSSR count). The van der Waals surface area contributed by atoms with Crippen molar-refractivity contribution in [2.24, 2.45) is 0 Å². The molecule has 0 bridgehead atoms. The van der Waals surface area contributed by atoms with E-state index in [9.17, 15) is 0 Å². The number of rotatable bonds is 6. The van der Waals surface area contributed by atoms with Gasteiger partial charge in [-0.3, -0.25) is 0 Å². The maximum Gasteiger partial charge on any atom is -0.358 e. The molecule has 0 saturated heterocycles. The smallest absolute Gasteiger partial charge is 0.358 e. The van der Waals surface area contributed by atoms with Gasteiger partial charge in [-0.15, -0.1) is 0 Å². The Hall–Kier alpha value is -1.39. The minimum atomic E-state index is -0.407. The summed E-state index contributed by atoms with van der Waals surface area (Å²) in [5, 5.41) is 11.4. The number of fused-ring (bicyclic) bond motifs is 3. The number of nitrogens with zero attached hydrogens (tertiary/aromatic N) is 3. The van der Waals surface area contributed by atoms with Crippen molar-refractivity contribution in [2.45, 2.75) is 50.0 Å². The summed E-state index contributed by atoms with van der Waals surface area (Å²) in [6.07, 6.45) is 3.83. The second kappa shape index (κ2) is 9.23. The van der Waals surface area contributed by atoms with E-state index in [0.717, 1.165) is 37.9 Å². The van der Waals surface area contributed by atoms with Gasteiger partial charge in [0.1, 0.15) is 0 Å². The molecule has 0 amide bonds. The average Bonchev–Trinajstić information content (AvgIpc) is 3.55. The molecule has 1 aliphatic rings. The fourth-order valence-electron chi connectivity index (χ4n) is 3.80. The Morgan fingerprint density at radius 2 is 1.97 bits per heavy atom. The number of hydrogen-bond acceptors (Lipinski definition) is 3.